The Labute approximate surface area is 93.7 Å². The largest absolute Gasteiger partial charge is 0.494 e. The van der Waals surface area contributed by atoms with Gasteiger partial charge in [-0.15, -0.1) is 0 Å². The molecule has 0 aliphatic heterocycles. The van der Waals surface area contributed by atoms with Gasteiger partial charge in [0.1, 0.15) is 6.26 Å². The van der Waals surface area contributed by atoms with E-state index in [1.54, 1.807) is 13.2 Å². The van der Waals surface area contributed by atoms with Gasteiger partial charge in [0, 0.05) is 13.1 Å². The van der Waals surface area contributed by atoms with Gasteiger partial charge in [0.25, 0.3) is 0 Å². The lowest BCUT2D eigenvalue weighted by atomic mass is 10.2. The maximum atomic E-state index is 9.65. The SMILES string of the molecule is CCN(CC)C(=COC(C)(C)C)C(C)O. The third-order valence-electron chi connectivity index (χ3n) is 2.09. The number of hydrogen-bond donors (Lipinski definition) is 1. The van der Waals surface area contributed by atoms with E-state index in [1.165, 1.54) is 0 Å². The zero-order valence-electron chi connectivity index (χ0n) is 10.9. The summed E-state index contributed by atoms with van der Waals surface area (Å²) in [4.78, 5) is 2.09. The Hall–Kier alpha value is -0.700. The number of aliphatic hydroxyl groups excluding tert-OH is 1. The van der Waals surface area contributed by atoms with Gasteiger partial charge in [0.05, 0.1) is 17.4 Å². The van der Waals surface area contributed by atoms with E-state index < -0.39 is 6.10 Å². The van der Waals surface area contributed by atoms with Crippen molar-refractivity contribution in [3.05, 3.63) is 12.0 Å². The molecule has 0 aromatic rings. The predicted molar refractivity (Wildman–Crippen MR) is 63.5 cm³/mol. The van der Waals surface area contributed by atoms with E-state index in [9.17, 15) is 5.11 Å². The maximum absolute atomic E-state index is 9.65. The third kappa shape index (κ3) is 5.67. The minimum Gasteiger partial charge on any atom is -0.494 e. The molecule has 0 aliphatic rings. The average molecular weight is 215 g/mol. The molecule has 0 fully saturated rings. The van der Waals surface area contributed by atoms with Crippen LogP contribution in [0, 0.1) is 0 Å². The summed E-state index contributed by atoms with van der Waals surface area (Å²) in [6.45, 7) is 13.6. The van der Waals surface area contributed by atoms with Crippen LogP contribution in [0.4, 0.5) is 0 Å². The second kappa shape index (κ2) is 6.01. The summed E-state index contributed by atoms with van der Waals surface area (Å²) >= 11 is 0. The molecule has 15 heavy (non-hydrogen) atoms. The minimum absolute atomic E-state index is 0.215. The molecular formula is C12H25NO2. The van der Waals surface area contributed by atoms with Crippen molar-refractivity contribution in [3.63, 3.8) is 0 Å². The number of rotatable bonds is 5. The lowest BCUT2D eigenvalue weighted by molar-refractivity contribution is 0.0643. The van der Waals surface area contributed by atoms with Crippen molar-refractivity contribution in [2.24, 2.45) is 0 Å². The lowest BCUT2D eigenvalue weighted by Gasteiger charge is -2.28. The van der Waals surface area contributed by atoms with Crippen LogP contribution in [0.2, 0.25) is 0 Å². The van der Waals surface area contributed by atoms with Gasteiger partial charge in [0.15, 0.2) is 0 Å². The van der Waals surface area contributed by atoms with Gasteiger partial charge >= 0.3 is 0 Å². The summed E-state index contributed by atoms with van der Waals surface area (Å²) in [5.74, 6) is 0. The predicted octanol–water partition coefficient (Wildman–Crippen LogP) is 2.37. The summed E-state index contributed by atoms with van der Waals surface area (Å²) < 4.78 is 5.57. The molecule has 0 aromatic heterocycles. The fourth-order valence-corrected chi connectivity index (χ4v) is 1.26. The molecule has 0 saturated heterocycles. The van der Waals surface area contributed by atoms with Crippen molar-refractivity contribution in [2.45, 2.75) is 53.2 Å². The fraction of sp³-hybridized carbons (Fsp3) is 0.833. The van der Waals surface area contributed by atoms with Gasteiger partial charge in [-0.3, -0.25) is 0 Å². The summed E-state index contributed by atoms with van der Waals surface area (Å²) in [6.07, 6.45) is 1.18. The van der Waals surface area contributed by atoms with Gasteiger partial charge in [-0.1, -0.05) is 0 Å². The lowest BCUT2D eigenvalue weighted by Crippen LogP contribution is -2.29. The molecule has 0 heterocycles. The summed E-state index contributed by atoms with van der Waals surface area (Å²) in [5, 5.41) is 9.65. The first-order valence-electron chi connectivity index (χ1n) is 5.62. The van der Waals surface area contributed by atoms with Crippen LogP contribution in [0.1, 0.15) is 41.5 Å². The molecule has 0 rings (SSSR count). The Morgan fingerprint density at radius 2 is 1.80 bits per heavy atom. The highest BCUT2D eigenvalue weighted by Crippen LogP contribution is 2.14. The van der Waals surface area contributed by atoms with Gasteiger partial charge in [0.2, 0.25) is 0 Å². The first-order valence-corrected chi connectivity index (χ1v) is 5.62. The van der Waals surface area contributed by atoms with Crippen molar-refractivity contribution in [1.82, 2.24) is 4.90 Å². The molecule has 3 heteroatoms. The topological polar surface area (TPSA) is 32.7 Å². The molecule has 0 aromatic carbocycles. The molecule has 0 amide bonds. The second-order valence-electron chi connectivity index (χ2n) is 4.62. The molecule has 1 N–H and O–H groups in total. The molecule has 0 spiro atoms. The van der Waals surface area contributed by atoms with Crippen molar-refractivity contribution in [2.75, 3.05) is 13.1 Å². The first-order chi connectivity index (χ1) is 6.81. The van der Waals surface area contributed by atoms with Crippen LogP contribution in [-0.4, -0.2) is 34.8 Å². The molecule has 90 valence electrons. The van der Waals surface area contributed by atoms with E-state index in [2.05, 4.69) is 18.7 Å². The second-order valence-corrected chi connectivity index (χ2v) is 4.62. The molecule has 0 bridgehead atoms. The average Bonchev–Trinajstić information content (AvgIpc) is 2.09. The van der Waals surface area contributed by atoms with Gasteiger partial charge in [-0.2, -0.15) is 0 Å². The van der Waals surface area contributed by atoms with Crippen molar-refractivity contribution in [1.29, 1.82) is 0 Å². The Morgan fingerprint density at radius 3 is 2.07 bits per heavy atom. The third-order valence-corrected chi connectivity index (χ3v) is 2.09. The van der Waals surface area contributed by atoms with E-state index in [4.69, 9.17) is 4.74 Å². The van der Waals surface area contributed by atoms with Gasteiger partial charge in [-0.05, 0) is 41.5 Å². The number of nitrogens with zero attached hydrogens (tertiary/aromatic N) is 1. The zero-order chi connectivity index (χ0) is 12.1. The number of ether oxygens (including phenoxy) is 1. The molecule has 1 unspecified atom stereocenters. The van der Waals surface area contributed by atoms with E-state index in [-0.39, 0.29) is 5.60 Å². The standard InChI is InChI=1S/C12H25NO2/c1-7-13(8-2)11(10(3)14)9-15-12(4,5)6/h9-10,14H,7-8H2,1-6H3. The normalized spacial score (nSPS) is 15.0. The summed E-state index contributed by atoms with van der Waals surface area (Å²) in [7, 11) is 0. The number of likely N-dealkylation sites (N-methyl/N-ethyl adjacent to an activating group) is 1. The summed E-state index contributed by atoms with van der Waals surface area (Å²) in [6, 6.07) is 0. The van der Waals surface area contributed by atoms with E-state index >= 15 is 0 Å². The van der Waals surface area contributed by atoms with E-state index in [0.717, 1.165) is 18.8 Å². The molecule has 0 radical (unpaired) electrons. The molecule has 1 atom stereocenters. The Kier molecular flexibility index (Phi) is 5.73. The van der Waals surface area contributed by atoms with Crippen LogP contribution in [0.25, 0.3) is 0 Å². The van der Waals surface area contributed by atoms with Gasteiger partial charge in [-0.25, -0.2) is 0 Å². The Balaban J connectivity index is 4.65. The van der Waals surface area contributed by atoms with Crippen LogP contribution in [0.15, 0.2) is 12.0 Å². The van der Waals surface area contributed by atoms with Crippen LogP contribution in [0.5, 0.6) is 0 Å². The quantitative estimate of drug-likeness (QED) is 0.715. The maximum Gasteiger partial charge on any atom is 0.105 e. The zero-order valence-corrected chi connectivity index (χ0v) is 10.9. The smallest absolute Gasteiger partial charge is 0.105 e. The molecule has 0 saturated carbocycles. The fourth-order valence-electron chi connectivity index (χ4n) is 1.26. The number of aliphatic hydroxyl groups is 1. The van der Waals surface area contributed by atoms with Crippen molar-refractivity contribution >= 4 is 0 Å². The van der Waals surface area contributed by atoms with Crippen molar-refractivity contribution in [3.8, 4) is 0 Å². The van der Waals surface area contributed by atoms with E-state index in [0.29, 0.717) is 0 Å². The van der Waals surface area contributed by atoms with Crippen molar-refractivity contribution < 1.29 is 9.84 Å². The van der Waals surface area contributed by atoms with Crippen LogP contribution in [-0.2, 0) is 4.74 Å². The van der Waals surface area contributed by atoms with Crippen LogP contribution >= 0.6 is 0 Å². The first kappa shape index (κ1) is 14.3. The highest BCUT2D eigenvalue weighted by Gasteiger charge is 2.15. The highest BCUT2D eigenvalue weighted by atomic mass is 16.5. The molecular weight excluding hydrogens is 190 g/mol. The highest BCUT2D eigenvalue weighted by molar-refractivity contribution is 5.02. The van der Waals surface area contributed by atoms with E-state index in [1.807, 2.05) is 20.8 Å². The monoisotopic (exact) mass is 215 g/mol. The number of hydrogen-bond acceptors (Lipinski definition) is 3. The molecule has 3 nitrogen and oxygen atoms in total. The Morgan fingerprint density at radius 1 is 1.33 bits per heavy atom. The Bertz CT molecular complexity index is 200. The van der Waals surface area contributed by atoms with Crippen LogP contribution < -0.4 is 0 Å². The van der Waals surface area contributed by atoms with Crippen LogP contribution in [0.3, 0.4) is 0 Å². The minimum atomic E-state index is -0.493. The summed E-state index contributed by atoms with van der Waals surface area (Å²) in [5.41, 5.74) is 0.628. The molecule has 0 aliphatic carbocycles. The van der Waals surface area contributed by atoms with Gasteiger partial charge < -0.3 is 14.7 Å².